The molecule has 0 saturated heterocycles. The van der Waals surface area contributed by atoms with Crippen LogP contribution in [0.2, 0.25) is 0 Å². The van der Waals surface area contributed by atoms with Gasteiger partial charge in [-0.25, -0.2) is 4.98 Å². The van der Waals surface area contributed by atoms with E-state index in [0.29, 0.717) is 5.82 Å². The number of aromatic nitrogens is 1. The van der Waals surface area contributed by atoms with Crippen molar-refractivity contribution in [1.29, 1.82) is 0 Å². The van der Waals surface area contributed by atoms with Crippen molar-refractivity contribution < 1.29 is 4.42 Å². The number of rotatable bonds is 1. The minimum atomic E-state index is 0.504. The fourth-order valence-electron chi connectivity index (χ4n) is 1.04. The zero-order valence-corrected chi connectivity index (χ0v) is 6.40. The SMILES string of the molecule is Nc1cc(-c2ccco2)ccn1. The first-order valence-corrected chi connectivity index (χ1v) is 3.62. The second-order valence-electron chi connectivity index (χ2n) is 2.45. The van der Waals surface area contributed by atoms with Gasteiger partial charge < -0.3 is 10.2 Å². The fraction of sp³-hybridized carbons (Fsp3) is 0. The van der Waals surface area contributed by atoms with E-state index in [1.165, 1.54) is 0 Å². The van der Waals surface area contributed by atoms with E-state index in [4.69, 9.17) is 10.2 Å². The molecule has 0 saturated carbocycles. The number of nitrogens with zero attached hydrogens (tertiary/aromatic N) is 1. The summed E-state index contributed by atoms with van der Waals surface area (Å²) in [5, 5.41) is 0. The highest BCUT2D eigenvalue weighted by atomic mass is 16.3. The highest BCUT2D eigenvalue weighted by Gasteiger charge is 1.99. The summed E-state index contributed by atoms with van der Waals surface area (Å²) in [6, 6.07) is 7.36. The van der Waals surface area contributed by atoms with Crippen LogP contribution < -0.4 is 5.73 Å². The van der Waals surface area contributed by atoms with Gasteiger partial charge in [0.2, 0.25) is 0 Å². The lowest BCUT2D eigenvalue weighted by Gasteiger charge is -1.96. The van der Waals surface area contributed by atoms with Gasteiger partial charge in [0.1, 0.15) is 11.6 Å². The van der Waals surface area contributed by atoms with E-state index in [9.17, 15) is 0 Å². The molecule has 0 amide bonds. The van der Waals surface area contributed by atoms with Gasteiger partial charge in [0.15, 0.2) is 0 Å². The highest BCUT2D eigenvalue weighted by molar-refractivity contribution is 5.59. The van der Waals surface area contributed by atoms with Gasteiger partial charge in [-0.2, -0.15) is 0 Å². The van der Waals surface area contributed by atoms with Gasteiger partial charge in [-0.15, -0.1) is 0 Å². The van der Waals surface area contributed by atoms with Crippen LogP contribution in [-0.4, -0.2) is 4.98 Å². The standard InChI is InChI=1S/C9H8N2O/c10-9-6-7(3-4-11-9)8-2-1-5-12-8/h1-6H,(H2,10,11). The molecule has 0 fully saturated rings. The Morgan fingerprint density at radius 2 is 2.25 bits per heavy atom. The molecule has 0 spiro atoms. The number of pyridine rings is 1. The minimum Gasteiger partial charge on any atom is -0.464 e. The monoisotopic (exact) mass is 160 g/mol. The van der Waals surface area contributed by atoms with Crippen molar-refractivity contribution >= 4 is 5.82 Å². The van der Waals surface area contributed by atoms with Crippen LogP contribution in [0.25, 0.3) is 11.3 Å². The van der Waals surface area contributed by atoms with Crippen LogP contribution in [0.4, 0.5) is 5.82 Å². The Kier molecular flexibility index (Phi) is 1.55. The molecule has 0 aliphatic carbocycles. The number of hydrogen-bond acceptors (Lipinski definition) is 3. The summed E-state index contributed by atoms with van der Waals surface area (Å²) in [5.74, 6) is 1.31. The molecule has 0 atom stereocenters. The number of nitrogens with two attached hydrogens (primary N) is 1. The van der Waals surface area contributed by atoms with Gasteiger partial charge >= 0.3 is 0 Å². The van der Waals surface area contributed by atoms with Crippen LogP contribution in [0.1, 0.15) is 0 Å². The van der Waals surface area contributed by atoms with Crippen LogP contribution in [0, 0.1) is 0 Å². The molecule has 0 aliphatic rings. The minimum absolute atomic E-state index is 0.504. The number of nitrogen functional groups attached to an aromatic ring is 1. The first-order valence-electron chi connectivity index (χ1n) is 3.62. The van der Waals surface area contributed by atoms with E-state index in [0.717, 1.165) is 11.3 Å². The zero-order chi connectivity index (χ0) is 8.39. The Balaban J connectivity index is 2.48. The topological polar surface area (TPSA) is 52.0 Å². The summed E-state index contributed by atoms with van der Waals surface area (Å²) in [7, 11) is 0. The van der Waals surface area contributed by atoms with Crippen LogP contribution in [-0.2, 0) is 0 Å². The Labute approximate surface area is 69.8 Å². The number of furan rings is 1. The van der Waals surface area contributed by atoms with Crippen molar-refractivity contribution in [2.24, 2.45) is 0 Å². The van der Waals surface area contributed by atoms with Gasteiger partial charge in [0.05, 0.1) is 6.26 Å². The molecular weight excluding hydrogens is 152 g/mol. The molecule has 3 heteroatoms. The first-order chi connectivity index (χ1) is 5.86. The van der Waals surface area contributed by atoms with Crippen LogP contribution in [0.3, 0.4) is 0 Å². The number of hydrogen-bond donors (Lipinski definition) is 1. The summed E-state index contributed by atoms with van der Waals surface area (Å²) in [5.41, 5.74) is 6.46. The Morgan fingerprint density at radius 1 is 1.33 bits per heavy atom. The summed E-state index contributed by atoms with van der Waals surface area (Å²) in [4.78, 5) is 3.89. The van der Waals surface area contributed by atoms with E-state index in [-0.39, 0.29) is 0 Å². The summed E-state index contributed by atoms with van der Waals surface area (Å²) < 4.78 is 5.19. The molecule has 0 bridgehead atoms. The van der Waals surface area contributed by atoms with Crippen molar-refractivity contribution in [3.8, 4) is 11.3 Å². The number of anilines is 1. The molecule has 2 heterocycles. The van der Waals surface area contributed by atoms with Gasteiger partial charge in [-0.3, -0.25) is 0 Å². The maximum absolute atomic E-state index is 5.51. The van der Waals surface area contributed by atoms with Gasteiger partial charge in [0, 0.05) is 11.8 Å². The molecule has 0 aromatic carbocycles. The average molecular weight is 160 g/mol. The van der Waals surface area contributed by atoms with Crippen molar-refractivity contribution in [2.45, 2.75) is 0 Å². The fourth-order valence-corrected chi connectivity index (χ4v) is 1.04. The molecule has 2 rings (SSSR count). The smallest absolute Gasteiger partial charge is 0.134 e. The maximum atomic E-state index is 5.51. The second kappa shape index (κ2) is 2.70. The van der Waals surface area contributed by atoms with Gasteiger partial charge in [0.25, 0.3) is 0 Å². The molecule has 2 aromatic rings. The molecule has 0 unspecified atom stereocenters. The van der Waals surface area contributed by atoms with E-state index in [1.54, 1.807) is 18.5 Å². The quantitative estimate of drug-likeness (QED) is 0.693. The van der Waals surface area contributed by atoms with E-state index in [2.05, 4.69) is 4.98 Å². The van der Waals surface area contributed by atoms with Crippen LogP contribution in [0.5, 0.6) is 0 Å². The lowest BCUT2D eigenvalue weighted by molar-refractivity contribution is 0.582. The predicted molar refractivity (Wildman–Crippen MR) is 46.4 cm³/mol. The van der Waals surface area contributed by atoms with Crippen LogP contribution in [0.15, 0.2) is 41.1 Å². The first kappa shape index (κ1) is 6.91. The third-order valence-electron chi connectivity index (χ3n) is 1.59. The molecule has 60 valence electrons. The maximum Gasteiger partial charge on any atom is 0.134 e. The molecule has 2 N–H and O–H groups in total. The van der Waals surface area contributed by atoms with Crippen molar-refractivity contribution in [3.05, 3.63) is 36.7 Å². The molecule has 12 heavy (non-hydrogen) atoms. The lowest BCUT2D eigenvalue weighted by Crippen LogP contribution is -1.88. The average Bonchev–Trinajstić information content (AvgIpc) is 2.56. The Hall–Kier alpha value is -1.77. The molecule has 2 aromatic heterocycles. The third kappa shape index (κ3) is 1.16. The largest absolute Gasteiger partial charge is 0.464 e. The van der Waals surface area contributed by atoms with Gasteiger partial charge in [-0.1, -0.05) is 0 Å². The van der Waals surface area contributed by atoms with E-state index < -0.39 is 0 Å². The van der Waals surface area contributed by atoms with E-state index in [1.807, 2.05) is 18.2 Å². The molecular formula is C9H8N2O. The molecule has 0 aliphatic heterocycles. The zero-order valence-electron chi connectivity index (χ0n) is 6.40. The molecule has 0 radical (unpaired) electrons. The summed E-state index contributed by atoms with van der Waals surface area (Å²) >= 11 is 0. The summed E-state index contributed by atoms with van der Waals surface area (Å²) in [6.07, 6.45) is 3.29. The Bertz CT molecular complexity index is 368. The highest BCUT2D eigenvalue weighted by Crippen LogP contribution is 2.19. The van der Waals surface area contributed by atoms with Crippen molar-refractivity contribution in [2.75, 3.05) is 5.73 Å². The third-order valence-corrected chi connectivity index (χ3v) is 1.59. The van der Waals surface area contributed by atoms with Crippen molar-refractivity contribution in [1.82, 2.24) is 4.98 Å². The predicted octanol–water partition coefficient (Wildman–Crippen LogP) is 1.92. The Morgan fingerprint density at radius 3 is 2.92 bits per heavy atom. The summed E-state index contributed by atoms with van der Waals surface area (Å²) in [6.45, 7) is 0. The lowest BCUT2D eigenvalue weighted by atomic mass is 10.2. The van der Waals surface area contributed by atoms with Gasteiger partial charge in [-0.05, 0) is 24.3 Å². The van der Waals surface area contributed by atoms with E-state index >= 15 is 0 Å². The molecule has 3 nitrogen and oxygen atoms in total. The normalized spacial score (nSPS) is 10.0. The van der Waals surface area contributed by atoms with Crippen molar-refractivity contribution in [3.63, 3.8) is 0 Å². The second-order valence-corrected chi connectivity index (χ2v) is 2.45. The van der Waals surface area contributed by atoms with Crippen LogP contribution >= 0.6 is 0 Å².